The molecule has 3 amide bonds. The van der Waals surface area contributed by atoms with E-state index >= 15 is 0 Å². The predicted molar refractivity (Wildman–Crippen MR) is 104 cm³/mol. The van der Waals surface area contributed by atoms with Gasteiger partial charge in [-0.3, -0.25) is 19.7 Å². The van der Waals surface area contributed by atoms with E-state index < -0.39 is 6.04 Å². The predicted octanol–water partition coefficient (Wildman–Crippen LogP) is 1.20. The Kier molecular flexibility index (Phi) is 5.21. The van der Waals surface area contributed by atoms with Gasteiger partial charge in [-0.1, -0.05) is 31.4 Å². The average Bonchev–Trinajstić information content (AvgIpc) is 3.04. The molecule has 1 aliphatic carbocycles. The number of carbonyl (C=O) groups excluding carboxylic acids is 3. The minimum absolute atomic E-state index is 0.0209. The molecule has 1 saturated carbocycles. The number of amides is 3. The number of nitrogens with two attached hydrogens (primary N) is 1. The van der Waals surface area contributed by atoms with Gasteiger partial charge in [-0.2, -0.15) is 0 Å². The zero-order chi connectivity index (χ0) is 19.7. The summed E-state index contributed by atoms with van der Waals surface area (Å²) >= 11 is 0. The highest BCUT2D eigenvalue weighted by atomic mass is 16.2. The molecule has 7 nitrogen and oxygen atoms in total. The van der Waals surface area contributed by atoms with Gasteiger partial charge in [0.25, 0.3) is 5.91 Å². The Labute approximate surface area is 165 Å². The molecule has 150 valence electrons. The highest BCUT2D eigenvalue weighted by molar-refractivity contribution is 6.05. The Morgan fingerprint density at radius 2 is 1.96 bits per heavy atom. The number of nitrogens with zero attached hydrogens (tertiary/aromatic N) is 1. The van der Waals surface area contributed by atoms with E-state index in [9.17, 15) is 14.4 Å². The van der Waals surface area contributed by atoms with E-state index in [2.05, 4.69) is 10.6 Å². The zero-order valence-electron chi connectivity index (χ0n) is 16.1. The smallest absolute Gasteiger partial charge is 0.255 e. The maximum atomic E-state index is 12.9. The molecular weight excluding hydrogens is 356 g/mol. The highest BCUT2D eigenvalue weighted by Crippen LogP contribution is 2.31. The maximum Gasteiger partial charge on any atom is 0.255 e. The van der Waals surface area contributed by atoms with Gasteiger partial charge in [0.15, 0.2) is 0 Å². The third-order valence-corrected chi connectivity index (χ3v) is 6.53. The number of fused-ring (bicyclic) bond motifs is 1. The first kappa shape index (κ1) is 19.1. The molecule has 3 aliphatic rings. The van der Waals surface area contributed by atoms with E-state index in [1.807, 2.05) is 18.2 Å². The molecule has 1 unspecified atom stereocenters. The monoisotopic (exact) mass is 384 g/mol. The van der Waals surface area contributed by atoms with Crippen molar-refractivity contribution in [1.82, 2.24) is 15.5 Å². The SMILES string of the molecule is NCC1(NCc2cccc3c2CN(C2CCC(=O)NC2=O)C3=O)CCCCC1. The van der Waals surface area contributed by atoms with Crippen LogP contribution in [0.25, 0.3) is 0 Å². The van der Waals surface area contributed by atoms with Gasteiger partial charge in [0.05, 0.1) is 0 Å². The first-order valence-corrected chi connectivity index (χ1v) is 10.2. The fourth-order valence-corrected chi connectivity index (χ4v) is 4.78. The van der Waals surface area contributed by atoms with E-state index in [1.54, 1.807) is 4.90 Å². The van der Waals surface area contributed by atoms with Crippen molar-refractivity contribution in [3.63, 3.8) is 0 Å². The average molecular weight is 384 g/mol. The highest BCUT2D eigenvalue weighted by Gasteiger charge is 2.40. The third kappa shape index (κ3) is 3.44. The van der Waals surface area contributed by atoms with E-state index in [4.69, 9.17) is 5.73 Å². The van der Waals surface area contributed by atoms with Crippen LogP contribution in [0, 0.1) is 0 Å². The van der Waals surface area contributed by atoms with Crippen molar-refractivity contribution < 1.29 is 14.4 Å². The third-order valence-electron chi connectivity index (χ3n) is 6.53. The number of imide groups is 1. The fraction of sp³-hybridized carbons (Fsp3) is 0.571. The zero-order valence-corrected chi connectivity index (χ0v) is 16.1. The van der Waals surface area contributed by atoms with Gasteiger partial charge in [-0.05, 0) is 36.5 Å². The molecule has 1 atom stereocenters. The fourth-order valence-electron chi connectivity index (χ4n) is 4.78. The van der Waals surface area contributed by atoms with Gasteiger partial charge >= 0.3 is 0 Å². The van der Waals surface area contributed by atoms with Crippen LogP contribution >= 0.6 is 0 Å². The van der Waals surface area contributed by atoms with E-state index in [0.29, 0.717) is 31.6 Å². The summed E-state index contributed by atoms with van der Waals surface area (Å²) in [5, 5.41) is 6.03. The number of nitrogens with one attached hydrogen (secondary N) is 2. The van der Waals surface area contributed by atoms with Crippen LogP contribution in [-0.4, -0.2) is 40.7 Å². The maximum absolute atomic E-state index is 12.9. The molecule has 1 aromatic carbocycles. The molecule has 1 saturated heterocycles. The molecule has 0 radical (unpaired) electrons. The second kappa shape index (κ2) is 7.64. The van der Waals surface area contributed by atoms with Gasteiger partial charge in [0.1, 0.15) is 6.04 Å². The minimum Gasteiger partial charge on any atom is -0.329 e. The number of hydrogen-bond acceptors (Lipinski definition) is 5. The Morgan fingerprint density at radius 3 is 2.68 bits per heavy atom. The van der Waals surface area contributed by atoms with Crippen molar-refractivity contribution in [2.75, 3.05) is 6.54 Å². The molecule has 2 fully saturated rings. The van der Waals surface area contributed by atoms with Crippen molar-refractivity contribution >= 4 is 17.7 Å². The van der Waals surface area contributed by atoms with Crippen molar-refractivity contribution in [3.05, 3.63) is 34.9 Å². The lowest BCUT2D eigenvalue weighted by Crippen LogP contribution is -2.52. The molecule has 28 heavy (non-hydrogen) atoms. The molecule has 7 heteroatoms. The molecule has 4 N–H and O–H groups in total. The minimum atomic E-state index is -0.577. The number of benzene rings is 1. The Bertz CT molecular complexity index is 801. The normalized spacial score (nSPS) is 24.2. The van der Waals surface area contributed by atoms with Crippen LogP contribution in [0.15, 0.2) is 18.2 Å². The van der Waals surface area contributed by atoms with Gasteiger partial charge in [0.2, 0.25) is 11.8 Å². The lowest BCUT2D eigenvalue weighted by molar-refractivity contribution is -0.136. The lowest BCUT2D eigenvalue weighted by Gasteiger charge is -2.37. The molecule has 4 rings (SSSR count). The second-order valence-electron chi connectivity index (χ2n) is 8.24. The van der Waals surface area contributed by atoms with E-state index in [1.165, 1.54) is 19.3 Å². The summed E-state index contributed by atoms with van der Waals surface area (Å²) in [6, 6.07) is 5.19. The summed E-state index contributed by atoms with van der Waals surface area (Å²) in [7, 11) is 0. The molecule has 0 spiro atoms. The Morgan fingerprint density at radius 1 is 1.18 bits per heavy atom. The van der Waals surface area contributed by atoms with Crippen molar-refractivity contribution in [1.29, 1.82) is 0 Å². The van der Waals surface area contributed by atoms with Crippen LogP contribution in [-0.2, 0) is 22.7 Å². The van der Waals surface area contributed by atoms with Gasteiger partial charge in [-0.25, -0.2) is 0 Å². The van der Waals surface area contributed by atoms with Gasteiger partial charge in [-0.15, -0.1) is 0 Å². The van der Waals surface area contributed by atoms with Crippen molar-refractivity contribution in [2.45, 2.75) is 69.6 Å². The molecule has 1 aromatic rings. The van der Waals surface area contributed by atoms with Crippen LogP contribution in [0.4, 0.5) is 0 Å². The summed E-state index contributed by atoms with van der Waals surface area (Å²) in [6.45, 7) is 1.69. The number of rotatable bonds is 5. The molecular formula is C21H28N4O3. The first-order valence-electron chi connectivity index (χ1n) is 10.2. The summed E-state index contributed by atoms with van der Waals surface area (Å²) in [4.78, 5) is 38.2. The number of hydrogen-bond donors (Lipinski definition) is 3. The number of carbonyl (C=O) groups is 3. The molecule has 0 bridgehead atoms. The quantitative estimate of drug-likeness (QED) is 0.662. The lowest BCUT2D eigenvalue weighted by atomic mass is 9.81. The van der Waals surface area contributed by atoms with E-state index in [0.717, 1.165) is 24.0 Å². The first-order chi connectivity index (χ1) is 13.5. The van der Waals surface area contributed by atoms with Gasteiger partial charge in [0, 0.05) is 37.2 Å². The van der Waals surface area contributed by atoms with E-state index in [-0.39, 0.29) is 29.7 Å². The summed E-state index contributed by atoms with van der Waals surface area (Å²) in [5.41, 5.74) is 8.79. The van der Waals surface area contributed by atoms with Crippen molar-refractivity contribution in [3.8, 4) is 0 Å². The number of piperidine rings is 1. The van der Waals surface area contributed by atoms with Crippen LogP contribution in [0.5, 0.6) is 0 Å². The second-order valence-corrected chi connectivity index (χ2v) is 8.24. The molecule has 0 aromatic heterocycles. The van der Waals surface area contributed by atoms with Crippen LogP contribution in [0.2, 0.25) is 0 Å². The summed E-state index contributed by atoms with van der Waals surface area (Å²) < 4.78 is 0. The van der Waals surface area contributed by atoms with Crippen molar-refractivity contribution in [2.24, 2.45) is 5.73 Å². The summed E-state index contributed by atoms with van der Waals surface area (Å²) in [5.74, 6) is -0.770. The molecule has 2 heterocycles. The largest absolute Gasteiger partial charge is 0.329 e. The van der Waals surface area contributed by atoms with Crippen LogP contribution < -0.4 is 16.4 Å². The van der Waals surface area contributed by atoms with Gasteiger partial charge < -0.3 is 16.0 Å². The van der Waals surface area contributed by atoms with Crippen LogP contribution in [0.1, 0.15) is 66.4 Å². The molecule has 2 aliphatic heterocycles. The Balaban J connectivity index is 1.51. The Hall–Kier alpha value is -2.25. The van der Waals surface area contributed by atoms with Crippen LogP contribution in [0.3, 0.4) is 0 Å². The topological polar surface area (TPSA) is 105 Å². The standard InChI is InChI=1S/C21H28N4O3/c22-13-21(9-2-1-3-10-21)23-11-14-5-4-6-15-16(14)12-25(20(15)28)17-7-8-18(26)24-19(17)27/h4-6,17,23H,1-3,7-13,22H2,(H,24,26,27). The summed E-state index contributed by atoms with van der Waals surface area (Å²) in [6.07, 6.45) is 6.47.